The number of aliphatic carboxylic acids is 2. The van der Waals surface area contributed by atoms with E-state index in [2.05, 4.69) is 20.9 Å². The summed E-state index contributed by atoms with van der Waals surface area (Å²) in [6.07, 6.45) is 3.12. The van der Waals surface area contributed by atoms with Crippen LogP contribution >= 0.6 is 15.9 Å². The molecule has 1 aromatic heterocycles. The van der Waals surface area contributed by atoms with Crippen molar-refractivity contribution >= 4 is 27.9 Å². The lowest BCUT2D eigenvalue weighted by Crippen LogP contribution is -2.17. The third-order valence-electron chi connectivity index (χ3n) is 3.33. The Kier molecular flexibility index (Phi) is 6.45. The number of hydrogen-bond donors (Lipinski definition) is 2. The monoisotopic (exact) mass is 440 g/mol. The predicted octanol–water partition coefficient (Wildman–Crippen LogP) is 3.64. The fourth-order valence-corrected chi connectivity index (χ4v) is 2.43. The summed E-state index contributed by atoms with van der Waals surface area (Å²) in [7, 11) is 0. The minimum absolute atomic E-state index is 0.0930. The molecule has 0 unspecified atom stereocenters. The molecule has 2 N–H and O–H groups in total. The van der Waals surface area contributed by atoms with E-state index in [4.69, 9.17) is 18.4 Å². The molecular weight excluding hydrogens is 412 g/mol. The van der Waals surface area contributed by atoms with Crippen LogP contribution in [0.1, 0.15) is 31.8 Å². The van der Waals surface area contributed by atoms with Crippen molar-refractivity contribution in [1.82, 2.24) is 9.88 Å². The lowest BCUT2D eigenvalue weighted by Gasteiger charge is -2.19. The number of carbonyl (C=O) groups is 2. The van der Waals surface area contributed by atoms with Gasteiger partial charge in [0.1, 0.15) is 0 Å². The number of benzene rings is 1. The van der Waals surface area contributed by atoms with E-state index < -0.39 is 25.9 Å². The Morgan fingerprint density at radius 1 is 1.15 bits per heavy atom. The van der Waals surface area contributed by atoms with Crippen molar-refractivity contribution < 1.29 is 28.0 Å². The third-order valence-corrected chi connectivity index (χ3v) is 3.86. The largest absolute Gasteiger partial charge is 0.478 e. The molecule has 27 heavy (non-hydrogen) atoms. The first kappa shape index (κ1) is 14.5. The zero-order valence-electron chi connectivity index (χ0n) is 20.2. The quantitative estimate of drug-likeness (QED) is 0.638. The molecule has 0 spiro atoms. The fourth-order valence-electron chi connectivity index (χ4n) is 2.16. The van der Waals surface area contributed by atoms with Gasteiger partial charge >= 0.3 is 11.9 Å². The Morgan fingerprint density at radius 2 is 1.78 bits per heavy atom. The van der Waals surface area contributed by atoms with E-state index in [1.165, 1.54) is 0 Å². The summed E-state index contributed by atoms with van der Waals surface area (Å²) in [5, 5.41) is 15.6. The van der Waals surface area contributed by atoms with Gasteiger partial charge in [-0.05, 0) is 56.7 Å². The van der Waals surface area contributed by atoms with Crippen molar-refractivity contribution in [2.45, 2.75) is 12.3 Å². The number of pyridine rings is 1. The molecule has 0 aliphatic heterocycles. The van der Waals surface area contributed by atoms with Crippen LogP contribution in [0.4, 0.5) is 0 Å². The second kappa shape index (κ2) is 12.0. The Morgan fingerprint density at radius 3 is 2.26 bits per heavy atom. The van der Waals surface area contributed by atoms with Crippen molar-refractivity contribution in [3.05, 3.63) is 76.5 Å². The van der Waals surface area contributed by atoms with Gasteiger partial charge in [0, 0.05) is 42.7 Å². The van der Waals surface area contributed by atoms with Gasteiger partial charge < -0.3 is 15.1 Å². The molecule has 1 atom stereocenters. The molecule has 0 amide bonds. The normalized spacial score (nSPS) is 15.9. The van der Waals surface area contributed by atoms with Crippen LogP contribution in [0.2, 0.25) is 0 Å². The average molecular weight is 441 g/mol. The maximum absolute atomic E-state index is 9.55. The first-order valence-corrected chi connectivity index (χ1v) is 8.59. The molecule has 7 heteroatoms. The van der Waals surface area contributed by atoms with Crippen LogP contribution in [0.15, 0.2) is 65.3 Å². The second-order valence-corrected chi connectivity index (χ2v) is 6.22. The van der Waals surface area contributed by atoms with E-state index in [1.807, 2.05) is 36.4 Å². The molecule has 0 bridgehead atoms. The number of nitrogens with zero attached hydrogens (tertiary/aromatic N) is 2. The van der Waals surface area contributed by atoms with E-state index in [0.717, 1.165) is 15.7 Å². The SMILES string of the molecule is O=C(O)/C=C\C(=O)O.[2H]C([2H])([2H])N(CC[C@@H](c1ccc(Br)cc1)c1ccccn1)C([2H])([2H])[2H]. The molecule has 0 aliphatic carbocycles. The van der Waals surface area contributed by atoms with Crippen molar-refractivity contribution in [2.24, 2.45) is 0 Å². The summed E-state index contributed by atoms with van der Waals surface area (Å²) >= 11 is 3.39. The van der Waals surface area contributed by atoms with Gasteiger partial charge in [-0.15, -0.1) is 0 Å². The van der Waals surface area contributed by atoms with E-state index >= 15 is 0 Å². The highest BCUT2D eigenvalue weighted by atomic mass is 79.9. The fraction of sp³-hybridized carbons (Fsp3) is 0.250. The highest BCUT2D eigenvalue weighted by Gasteiger charge is 2.15. The zero-order chi connectivity index (χ0) is 25.2. The highest BCUT2D eigenvalue weighted by Crippen LogP contribution is 2.27. The highest BCUT2D eigenvalue weighted by molar-refractivity contribution is 9.10. The molecule has 144 valence electrons. The van der Waals surface area contributed by atoms with E-state index in [-0.39, 0.29) is 12.5 Å². The smallest absolute Gasteiger partial charge is 0.328 e. The molecule has 6 nitrogen and oxygen atoms in total. The van der Waals surface area contributed by atoms with Crippen molar-refractivity contribution in [1.29, 1.82) is 0 Å². The van der Waals surface area contributed by atoms with Gasteiger partial charge in [0.25, 0.3) is 0 Å². The first-order valence-electron chi connectivity index (χ1n) is 10.8. The summed E-state index contributed by atoms with van der Waals surface area (Å²) in [6, 6.07) is 13.2. The summed E-state index contributed by atoms with van der Waals surface area (Å²) in [5.41, 5.74) is 1.73. The van der Waals surface area contributed by atoms with Crippen LogP contribution in [-0.4, -0.2) is 52.5 Å². The van der Waals surface area contributed by atoms with Crippen LogP contribution in [0.3, 0.4) is 0 Å². The van der Waals surface area contributed by atoms with Gasteiger partial charge in [0.15, 0.2) is 0 Å². The van der Waals surface area contributed by atoms with Crippen molar-refractivity contribution in [2.75, 3.05) is 20.5 Å². The molecule has 1 heterocycles. The van der Waals surface area contributed by atoms with Gasteiger partial charge in [-0.3, -0.25) is 4.98 Å². The molecule has 1 aromatic carbocycles. The number of aromatic nitrogens is 1. The first-order chi connectivity index (χ1) is 15.2. The number of halogens is 1. The third kappa shape index (κ3) is 9.67. The maximum Gasteiger partial charge on any atom is 0.328 e. The lowest BCUT2D eigenvalue weighted by molar-refractivity contribution is -0.134. The summed E-state index contributed by atoms with van der Waals surface area (Å²) in [4.78, 5) is 24.1. The van der Waals surface area contributed by atoms with E-state index in [0.29, 0.717) is 23.5 Å². The standard InChI is InChI=1S/C16H19BrN2.C4H4O4/c1-19(2)12-10-15(16-5-3-4-11-18-16)13-6-8-14(17)9-7-13;5-3(6)1-2-4(7)8/h3-9,11,15H,10,12H2,1-2H3;1-2H,(H,5,6)(H,7,8)/b;2-1-/t15-;/m0./s1/i1D3,2D3;. The number of rotatable bonds is 7. The molecule has 2 rings (SSSR count). The van der Waals surface area contributed by atoms with E-state index in [9.17, 15) is 9.59 Å². The van der Waals surface area contributed by atoms with Crippen LogP contribution in [0, 0.1) is 0 Å². The molecular formula is C20H23BrN2O4. The Balaban J connectivity index is 0.000000582. The molecule has 0 aliphatic rings. The van der Waals surface area contributed by atoms with Gasteiger partial charge in [0.05, 0.1) is 0 Å². The zero-order valence-corrected chi connectivity index (χ0v) is 15.8. The Hall–Kier alpha value is -2.51. The van der Waals surface area contributed by atoms with Gasteiger partial charge in [-0.2, -0.15) is 0 Å². The Bertz CT molecular complexity index is 904. The van der Waals surface area contributed by atoms with Crippen molar-refractivity contribution in [3.63, 3.8) is 0 Å². The van der Waals surface area contributed by atoms with Gasteiger partial charge in [-0.25, -0.2) is 9.59 Å². The number of carboxylic acids is 2. The second-order valence-electron chi connectivity index (χ2n) is 5.31. The minimum Gasteiger partial charge on any atom is -0.478 e. The van der Waals surface area contributed by atoms with Gasteiger partial charge in [-0.1, -0.05) is 34.1 Å². The number of carboxylic acid groups (broad SMARTS) is 2. The van der Waals surface area contributed by atoms with Gasteiger partial charge in [0.2, 0.25) is 0 Å². The topological polar surface area (TPSA) is 90.7 Å². The molecule has 0 saturated heterocycles. The molecule has 0 fully saturated rings. The van der Waals surface area contributed by atoms with Crippen LogP contribution in [0.25, 0.3) is 0 Å². The molecule has 2 aromatic rings. The maximum atomic E-state index is 9.55. The predicted molar refractivity (Wildman–Crippen MR) is 108 cm³/mol. The van der Waals surface area contributed by atoms with Crippen LogP contribution in [0.5, 0.6) is 0 Å². The molecule has 0 radical (unpaired) electrons. The minimum atomic E-state index is -2.68. The Labute approximate surface area is 175 Å². The van der Waals surface area contributed by atoms with Crippen LogP contribution < -0.4 is 0 Å². The lowest BCUT2D eigenvalue weighted by atomic mass is 9.92. The van der Waals surface area contributed by atoms with E-state index in [1.54, 1.807) is 12.3 Å². The summed E-state index contributed by atoms with van der Waals surface area (Å²) in [5.74, 6) is -2.71. The summed E-state index contributed by atoms with van der Waals surface area (Å²) in [6.45, 7) is -5.45. The average Bonchev–Trinajstić information content (AvgIpc) is 2.70. The summed E-state index contributed by atoms with van der Waals surface area (Å²) < 4.78 is 46.0. The van der Waals surface area contributed by atoms with Crippen molar-refractivity contribution in [3.8, 4) is 0 Å². The van der Waals surface area contributed by atoms with Crippen LogP contribution in [-0.2, 0) is 9.59 Å². The molecule has 0 saturated carbocycles. The number of hydrogen-bond acceptors (Lipinski definition) is 4.